The van der Waals surface area contributed by atoms with Gasteiger partial charge in [0.25, 0.3) is 0 Å². The van der Waals surface area contributed by atoms with Crippen molar-refractivity contribution in [2.75, 3.05) is 46.8 Å². The second kappa shape index (κ2) is 40.9. The molecule has 8 nitrogen and oxygen atoms in total. The molecule has 0 aromatic carbocycles. The van der Waals surface area contributed by atoms with Crippen LogP contribution in [-0.4, -0.2) is 70.9 Å². The van der Waals surface area contributed by atoms with Crippen LogP contribution in [0.2, 0.25) is 0 Å². The molecule has 0 aromatic heterocycles. The molecule has 0 aliphatic carbocycles. The number of ether oxygens (including phenoxy) is 3. The predicted molar refractivity (Wildman–Crippen MR) is 112 cm³/mol. The first kappa shape index (κ1) is 56.4. The molecule has 0 bridgehead atoms. The van der Waals surface area contributed by atoms with Crippen LogP contribution in [0.4, 0.5) is 0 Å². The maximum Gasteiger partial charge on any atom is 1.00 e. The van der Waals surface area contributed by atoms with Gasteiger partial charge in [-0.3, -0.25) is 4.18 Å². The van der Waals surface area contributed by atoms with Crippen molar-refractivity contribution in [2.24, 2.45) is 0 Å². The van der Waals surface area contributed by atoms with Crippen LogP contribution < -0.4 is 18.9 Å². The van der Waals surface area contributed by atoms with Gasteiger partial charge in [-0.1, -0.05) is 51.5 Å². The monoisotopic (exact) mass is 420 g/mol. The van der Waals surface area contributed by atoms with Gasteiger partial charge < -0.3 is 23.9 Å². The predicted octanol–water partition coefficient (Wildman–Crippen LogP) is 0.741. The number of hydrogen-bond acceptors (Lipinski definition) is 8. The fourth-order valence-electron chi connectivity index (χ4n) is 0.919. The Morgan fingerprint density at radius 1 is 0.926 bits per heavy atom. The molecule has 172 valence electrons. The Balaban J connectivity index is -0.0000000298. The van der Waals surface area contributed by atoms with Gasteiger partial charge in [0.15, 0.2) is 0 Å². The molecular weight excluding hydrogens is 371 g/mol. The van der Waals surface area contributed by atoms with Crippen LogP contribution in [0.5, 0.6) is 0 Å². The van der Waals surface area contributed by atoms with Crippen molar-refractivity contribution in [1.82, 2.24) is 0 Å². The molecule has 0 saturated heterocycles. The molecule has 10 heteroatoms. The molecule has 1 unspecified atom stereocenters. The van der Waals surface area contributed by atoms with Crippen molar-refractivity contribution in [1.29, 1.82) is 0 Å². The van der Waals surface area contributed by atoms with Crippen LogP contribution in [0.25, 0.3) is 0 Å². The van der Waals surface area contributed by atoms with Crippen molar-refractivity contribution in [3.8, 4) is 0 Å². The Bertz CT molecular complexity index is 287. The van der Waals surface area contributed by atoms with Gasteiger partial charge in [-0.05, 0) is 13.3 Å². The normalized spacial score (nSPS) is 9.37. The summed E-state index contributed by atoms with van der Waals surface area (Å²) >= 11 is 0. The molecule has 0 saturated carbocycles. The Morgan fingerprint density at radius 3 is 1.63 bits per heavy atom. The topological polar surface area (TPSA) is 114 Å². The van der Waals surface area contributed by atoms with E-state index in [2.05, 4.69) is 11.1 Å². The second-order valence-corrected chi connectivity index (χ2v) is 4.59. The molecule has 0 fully saturated rings. The van der Waals surface area contributed by atoms with Crippen molar-refractivity contribution in [2.45, 2.75) is 70.9 Å². The first-order valence-corrected chi connectivity index (χ1v) is 7.63. The fourth-order valence-corrected chi connectivity index (χ4v) is 1.21. The molecule has 1 atom stereocenters. The third-order valence-corrected chi connectivity index (χ3v) is 2.35. The van der Waals surface area contributed by atoms with Crippen LogP contribution in [0.3, 0.4) is 0 Å². The summed E-state index contributed by atoms with van der Waals surface area (Å²) in [6, 6.07) is 0. The summed E-state index contributed by atoms with van der Waals surface area (Å²) in [7, 11) is -2.87. The third-order valence-electron chi connectivity index (χ3n) is 1.82. The van der Waals surface area contributed by atoms with Crippen LogP contribution in [0, 0.1) is 0 Å². The van der Waals surface area contributed by atoms with Gasteiger partial charge in [0.2, 0.25) is 10.4 Å². The Kier molecular flexibility index (Phi) is 85.3. The smallest absolute Gasteiger partial charge is 0.726 e. The second-order valence-electron chi connectivity index (χ2n) is 3.54. The van der Waals surface area contributed by atoms with Crippen LogP contribution >= 0.6 is 0 Å². The molecule has 27 heavy (non-hydrogen) atoms. The van der Waals surface area contributed by atoms with E-state index in [1.165, 1.54) is 6.92 Å². The fraction of sp³-hybridized carbons (Fsp3) is 1.00. The molecule has 0 aliphatic heterocycles. The van der Waals surface area contributed by atoms with Crippen LogP contribution in [0.1, 0.15) is 64.8 Å². The van der Waals surface area contributed by atoms with Gasteiger partial charge in [-0.25, -0.2) is 8.42 Å². The zero-order chi connectivity index (χ0) is 15.9. The molecule has 0 aromatic rings. The van der Waals surface area contributed by atoms with E-state index in [-0.39, 0.29) is 82.7 Å². The summed E-state index contributed by atoms with van der Waals surface area (Å²) < 4.78 is 47.3. The Morgan fingerprint density at radius 2 is 1.37 bits per heavy atom. The summed E-state index contributed by atoms with van der Waals surface area (Å²) in [6.07, 6.45) is 0.809. The van der Waals surface area contributed by atoms with Crippen LogP contribution in [0.15, 0.2) is 0 Å². The minimum atomic E-state index is -4.42. The first-order chi connectivity index (χ1) is 9.41. The van der Waals surface area contributed by atoms with E-state index in [4.69, 9.17) is 19.3 Å². The van der Waals surface area contributed by atoms with Crippen LogP contribution in [-0.2, 0) is 28.8 Å². The van der Waals surface area contributed by atoms with E-state index in [0.29, 0.717) is 19.8 Å². The van der Waals surface area contributed by atoms with Gasteiger partial charge in [0.05, 0.1) is 33.0 Å². The molecule has 0 aliphatic rings. The van der Waals surface area contributed by atoms with Gasteiger partial charge in [-0.2, -0.15) is 0 Å². The number of hydrogen-bond donors (Lipinski definition) is 1. The van der Waals surface area contributed by atoms with E-state index < -0.39 is 10.4 Å². The standard InChI is InChI=1S/C9H20O4.C2H6O4S.6CH4.Li/c1-3-4-12-5-6-13-8-9(7-10)11-2;1-2-6-7(3,4)5;;;;;;;/h9-10H,3-8H2,1-2H3;2H2,1H3,(H,3,4,5);6*1H4;/q;;;;;;;;+1/p-1. The minimum Gasteiger partial charge on any atom is -0.726 e. The molecule has 0 rings (SSSR count). The average Bonchev–Trinajstić information content (AvgIpc) is 2.37. The van der Waals surface area contributed by atoms with Crippen molar-refractivity contribution in [3.63, 3.8) is 0 Å². The minimum absolute atomic E-state index is 0. The number of rotatable bonds is 11. The van der Waals surface area contributed by atoms with E-state index >= 15 is 0 Å². The van der Waals surface area contributed by atoms with E-state index in [9.17, 15) is 13.0 Å². The SMILES string of the molecule is C.C.C.C.C.C.CCCOCCOCC(CO)OC.CCOS(=O)(=O)[O-].[Li+]. The van der Waals surface area contributed by atoms with E-state index in [1.54, 1.807) is 7.11 Å². The molecular formula is C17H49LiO8S. The Hall–Kier alpha value is 0.307. The van der Waals surface area contributed by atoms with Crippen molar-refractivity contribution < 1.29 is 55.3 Å². The number of aliphatic hydroxyl groups excluding tert-OH is 1. The van der Waals surface area contributed by atoms with Gasteiger partial charge >= 0.3 is 18.9 Å². The first-order valence-electron chi connectivity index (χ1n) is 6.30. The summed E-state index contributed by atoms with van der Waals surface area (Å²) in [6.45, 7) is 5.75. The third kappa shape index (κ3) is 58.5. The maximum atomic E-state index is 9.45. The van der Waals surface area contributed by atoms with E-state index in [0.717, 1.165) is 13.0 Å². The number of aliphatic hydroxyl groups is 1. The summed E-state index contributed by atoms with van der Waals surface area (Å²) in [5, 5.41) is 8.73. The Labute approximate surface area is 183 Å². The molecule has 0 radical (unpaired) electrons. The zero-order valence-corrected chi connectivity index (χ0v) is 14.1. The van der Waals surface area contributed by atoms with Gasteiger partial charge in [0, 0.05) is 13.7 Å². The maximum absolute atomic E-state index is 9.45. The molecule has 1 N–H and O–H groups in total. The molecule has 0 amide bonds. The molecule has 0 heterocycles. The van der Waals surface area contributed by atoms with Gasteiger partial charge in [-0.15, -0.1) is 0 Å². The number of methoxy groups -OCH3 is 1. The van der Waals surface area contributed by atoms with E-state index in [1.807, 2.05) is 0 Å². The van der Waals surface area contributed by atoms with Gasteiger partial charge in [0.1, 0.15) is 6.10 Å². The summed E-state index contributed by atoms with van der Waals surface area (Å²) in [5.41, 5.74) is 0. The molecule has 0 spiro atoms. The van der Waals surface area contributed by atoms with Crippen molar-refractivity contribution >= 4 is 10.4 Å². The largest absolute Gasteiger partial charge is 1.00 e. The average molecular weight is 421 g/mol. The quantitative estimate of drug-likeness (QED) is 0.225. The summed E-state index contributed by atoms with van der Waals surface area (Å²) in [4.78, 5) is 0. The van der Waals surface area contributed by atoms with Crippen molar-refractivity contribution in [3.05, 3.63) is 0 Å². The summed E-state index contributed by atoms with van der Waals surface area (Å²) in [5.74, 6) is 0. The zero-order valence-electron chi connectivity index (χ0n) is 13.2.